The summed E-state index contributed by atoms with van der Waals surface area (Å²) >= 11 is 0. The molecule has 5 heterocycles. The molecule has 0 saturated carbocycles. The highest BCUT2D eigenvalue weighted by atomic mass is 19.1. The number of benzene rings is 1. The van der Waals surface area contributed by atoms with Gasteiger partial charge in [-0.05, 0) is 68.4 Å². The second kappa shape index (κ2) is 9.75. The molecule has 0 spiro atoms. The van der Waals surface area contributed by atoms with Gasteiger partial charge in [-0.25, -0.2) is 18.9 Å². The second-order valence-electron chi connectivity index (χ2n) is 9.23. The Morgan fingerprint density at radius 3 is 2.61 bits per heavy atom. The number of piperidine rings is 1. The van der Waals surface area contributed by atoms with Crippen LogP contribution in [0.1, 0.15) is 34.8 Å². The van der Waals surface area contributed by atoms with Crippen LogP contribution in [0.15, 0.2) is 60.9 Å². The highest BCUT2D eigenvalue weighted by Gasteiger charge is 2.28. The first kappa shape index (κ1) is 23.9. The number of aryl methyl sites for hydroxylation is 1. The van der Waals surface area contributed by atoms with Crippen molar-refractivity contribution in [3.05, 3.63) is 83.9 Å². The number of carbonyl (C=O) groups is 1. The van der Waals surface area contributed by atoms with Gasteiger partial charge in [0.1, 0.15) is 11.5 Å². The number of rotatable bonds is 5. The number of anilines is 1. The predicted molar refractivity (Wildman–Crippen MR) is 138 cm³/mol. The van der Waals surface area contributed by atoms with Crippen LogP contribution in [-0.2, 0) is 7.05 Å². The van der Waals surface area contributed by atoms with Gasteiger partial charge in [0.25, 0.3) is 5.91 Å². The highest BCUT2D eigenvalue weighted by Crippen LogP contribution is 2.39. The number of halogens is 2. The zero-order valence-electron chi connectivity index (χ0n) is 20.5. The van der Waals surface area contributed by atoms with Crippen LogP contribution in [0.2, 0.25) is 0 Å². The van der Waals surface area contributed by atoms with Crippen molar-refractivity contribution < 1.29 is 13.6 Å². The van der Waals surface area contributed by atoms with E-state index in [1.807, 2.05) is 23.9 Å². The summed E-state index contributed by atoms with van der Waals surface area (Å²) < 4.78 is 30.6. The van der Waals surface area contributed by atoms with Crippen LogP contribution >= 0.6 is 0 Å². The first-order valence-corrected chi connectivity index (χ1v) is 12.3. The van der Waals surface area contributed by atoms with Gasteiger partial charge in [-0.2, -0.15) is 14.6 Å². The van der Waals surface area contributed by atoms with E-state index in [0.717, 1.165) is 54.5 Å². The minimum Gasteiger partial charge on any atom is -0.317 e. The summed E-state index contributed by atoms with van der Waals surface area (Å²) in [6, 6.07) is 12.5. The van der Waals surface area contributed by atoms with E-state index >= 15 is 0 Å². The van der Waals surface area contributed by atoms with Crippen LogP contribution in [0.25, 0.3) is 28.2 Å². The number of amides is 1. The maximum atomic E-state index is 13.7. The number of hydrogen-bond acceptors (Lipinski definition) is 6. The Morgan fingerprint density at radius 2 is 1.84 bits per heavy atom. The Bertz CT molecular complexity index is 1640. The first-order chi connectivity index (χ1) is 18.5. The standard InChI is InChI=1S/C27H24F2N8O/c1-36-26(17-8-11-30-12-9-17)24(25(35-36)16-2-4-19(28)5-3-16)20-6-7-23-32-22(15-37(23)34-20)33-27(38)18-10-13-31-21(29)14-18/h2-7,10,13-15,17,30H,8-9,11-12H2,1H3,(H,33,38). The van der Waals surface area contributed by atoms with Crippen molar-refractivity contribution in [1.29, 1.82) is 0 Å². The third-order valence-electron chi connectivity index (χ3n) is 6.74. The van der Waals surface area contributed by atoms with Gasteiger partial charge in [0.15, 0.2) is 11.5 Å². The molecule has 11 heteroatoms. The lowest BCUT2D eigenvalue weighted by Crippen LogP contribution is -2.27. The number of carbonyl (C=O) groups excluding carboxylic acids is 1. The zero-order valence-corrected chi connectivity index (χ0v) is 20.5. The number of imidazole rings is 1. The van der Waals surface area contributed by atoms with Crippen molar-refractivity contribution in [3.63, 3.8) is 0 Å². The Balaban J connectivity index is 1.41. The molecule has 0 radical (unpaired) electrons. The molecule has 2 N–H and O–H groups in total. The Labute approximate surface area is 216 Å². The summed E-state index contributed by atoms with van der Waals surface area (Å²) in [6.07, 6.45) is 4.77. The fourth-order valence-electron chi connectivity index (χ4n) is 4.97. The first-order valence-electron chi connectivity index (χ1n) is 12.3. The van der Waals surface area contributed by atoms with Crippen LogP contribution in [0.3, 0.4) is 0 Å². The summed E-state index contributed by atoms with van der Waals surface area (Å²) in [7, 11) is 1.93. The van der Waals surface area contributed by atoms with E-state index in [0.29, 0.717) is 11.3 Å². The SMILES string of the molecule is Cn1nc(-c2ccc(F)cc2)c(-c2ccc3nc(NC(=O)c4ccnc(F)c4)cn3n2)c1C1CCNCC1. The topological polar surface area (TPSA) is 102 Å². The average molecular weight is 515 g/mol. The van der Waals surface area contributed by atoms with E-state index in [2.05, 4.69) is 20.6 Å². The molecule has 5 aromatic rings. The molecule has 4 aromatic heterocycles. The summed E-state index contributed by atoms with van der Waals surface area (Å²) in [5.74, 6) is -0.994. The molecular formula is C27H24F2N8O. The van der Waals surface area contributed by atoms with E-state index in [-0.39, 0.29) is 23.1 Å². The molecule has 0 atom stereocenters. The summed E-state index contributed by atoms with van der Waals surface area (Å²) in [4.78, 5) is 20.5. The molecule has 1 fully saturated rings. The fraction of sp³-hybridized carbons (Fsp3) is 0.222. The van der Waals surface area contributed by atoms with Crippen LogP contribution in [-0.4, -0.2) is 48.4 Å². The quantitative estimate of drug-likeness (QED) is 0.341. The lowest BCUT2D eigenvalue weighted by Gasteiger charge is -2.24. The molecule has 1 aliphatic rings. The number of nitrogens with zero attached hydrogens (tertiary/aromatic N) is 6. The molecule has 1 aliphatic heterocycles. The lowest BCUT2D eigenvalue weighted by molar-refractivity contribution is 0.102. The summed E-state index contributed by atoms with van der Waals surface area (Å²) in [5, 5.41) is 15.8. The minimum atomic E-state index is -0.739. The normalized spacial score (nSPS) is 14.2. The van der Waals surface area contributed by atoms with Crippen molar-refractivity contribution in [1.82, 2.24) is 34.7 Å². The number of nitrogens with one attached hydrogen (secondary N) is 2. The predicted octanol–water partition coefficient (Wildman–Crippen LogP) is 4.19. The van der Waals surface area contributed by atoms with Gasteiger partial charge in [-0.1, -0.05) is 0 Å². The molecule has 1 amide bonds. The largest absolute Gasteiger partial charge is 0.317 e. The maximum absolute atomic E-state index is 13.7. The molecule has 1 saturated heterocycles. The Kier molecular flexibility index (Phi) is 6.12. The lowest BCUT2D eigenvalue weighted by atomic mass is 9.89. The van der Waals surface area contributed by atoms with Crippen LogP contribution in [0, 0.1) is 11.8 Å². The van der Waals surface area contributed by atoms with Crippen LogP contribution < -0.4 is 10.6 Å². The van der Waals surface area contributed by atoms with E-state index in [1.54, 1.807) is 22.8 Å². The third kappa shape index (κ3) is 4.52. The summed E-state index contributed by atoms with van der Waals surface area (Å²) in [5.41, 5.74) is 4.83. The van der Waals surface area contributed by atoms with Crippen LogP contribution in [0.4, 0.5) is 14.6 Å². The minimum absolute atomic E-state index is 0.133. The maximum Gasteiger partial charge on any atom is 0.257 e. The number of hydrogen-bond donors (Lipinski definition) is 2. The smallest absolute Gasteiger partial charge is 0.257 e. The van der Waals surface area contributed by atoms with Crippen LogP contribution in [0.5, 0.6) is 0 Å². The van der Waals surface area contributed by atoms with Gasteiger partial charge in [0, 0.05) is 36.4 Å². The Morgan fingerprint density at radius 1 is 1.05 bits per heavy atom. The van der Waals surface area contributed by atoms with E-state index < -0.39 is 11.9 Å². The van der Waals surface area contributed by atoms with Crippen molar-refractivity contribution in [2.45, 2.75) is 18.8 Å². The zero-order chi connectivity index (χ0) is 26.2. The van der Waals surface area contributed by atoms with Gasteiger partial charge in [0.2, 0.25) is 5.95 Å². The molecule has 192 valence electrons. The molecule has 38 heavy (non-hydrogen) atoms. The Hall–Kier alpha value is -4.51. The molecular weight excluding hydrogens is 490 g/mol. The van der Waals surface area contributed by atoms with Crippen molar-refractivity contribution in [2.75, 3.05) is 18.4 Å². The van der Waals surface area contributed by atoms with Crippen molar-refractivity contribution in [2.24, 2.45) is 7.05 Å². The van der Waals surface area contributed by atoms with Gasteiger partial charge in [0.05, 0.1) is 23.1 Å². The number of aromatic nitrogens is 6. The summed E-state index contributed by atoms with van der Waals surface area (Å²) in [6.45, 7) is 1.83. The van der Waals surface area contributed by atoms with Gasteiger partial charge in [-0.3, -0.25) is 9.48 Å². The van der Waals surface area contributed by atoms with Gasteiger partial charge in [-0.15, -0.1) is 0 Å². The molecule has 0 aliphatic carbocycles. The molecule has 1 aromatic carbocycles. The van der Waals surface area contributed by atoms with Crippen molar-refractivity contribution in [3.8, 4) is 22.5 Å². The van der Waals surface area contributed by atoms with Gasteiger partial charge < -0.3 is 10.6 Å². The highest BCUT2D eigenvalue weighted by molar-refractivity contribution is 6.03. The van der Waals surface area contributed by atoms with E-state index in [1.165, 1.54) is 24.4 Å². The average Bonchev–Trinajstić information content (AvgIpc) is 3.49. The molecule has 6 rings (SSSR count). The fourth-order valence-corrected chi connectivity index (χ4v) is 4.97. The third-order valence-corrected chi connectivity index (χ3v) is 6.74. The monoisotopic (exact) mass is 514 g/mol. The van der Waals surface area contributed by atoms with Gasteiger partial charge >= 0.3 is 0 Å². The van der Waals surface area contributed by atoms with E-state index in [9.17, 15) is 13.6 Å². The number of pyridine rings is 1. The number of fused-ring (bicyclic) bond motifs is 1. The molecule has 0 bridgehead atoms. The van der Waals surface area contributed by atoms with Crippen molar-refractivity contribution >= 4 is 17.4 Å². The van der Waals surface area contributed by atoms with E-state index in [4.69, 9.17) is 10.2 Å². The molecule has 0 unspecified atom stereocenters. The molecule has 9 nitrogen and oxygen atoms in total. The second-order valence-corrected chi connectivity index (χ2v) is 9.23.